The lowest BCUT2D eigenvalue weighted by molar-refractivity contribution is -0.125. The summed E-state index contributed by atoms with van der Waals surface area (Å²) >= 11 is 0. The van der Waals surface area contributed by atoms with Crippen molar-refractivity contribution in [2.75, 3.05) is 71.0 Å². The van der Waals surface area contributed by atoms with Crippen LogP contribution in [0.1, 0.15) is 34.3 Å². The monoisotopic (exact) mass is 690 g/mol. The summed E-state index contributed by atoms with van der Waals surface area (Å²) in [7, 11) is 1.51. The first-order chi connectivity index (χ1) is 24.3. The van der Waals surface area contributed by atoms with Gasteiger partial charge in [0, 0.05) is 77.5 Å². The van der Waals surface area contributed by atoms with Crippen LogP contribution in [0.4, 0.5) is 10.2 Å². The van der Waals surface area contributed by atoms with Gasteiger partial charge < -0.3 is 39.8 Å². The van der Waals surface area contributed by atoms with Crippen LogP contribution in [0.3, 0.4) is 0 Å². The summed E-state index contributed by atoms with van der Waals surface area (Å²) < 4.78 is 32.4. The van der Waals surface area contributed by atoms with E-state index in [1.165, 1.54) is 19.2 Å². The Morgan fingerprint density at radius 3 is 2.68 bits per heavy atom. The van der Waals surface area contributed by atoms with Crippen molar-refractivity contribution in [1.29, 1.82) is 0 Å². The molecule has 6 rings (SSSR count). The molecule has 0 aliphatic carbocycles. The molecule has 266 valence electrons. The van der Waals surface area contributed by atoms with Crippen LogP contribution in [-0.2, 0) is 22.6 Å². The van der Waals surface area contributed by atoms with Crippen LogP contribution in [0.25, 0.3) is 0 Å². The number of hydrogen-bond donors (Lipinski definition) is 3. The quantitative estimate of drug-likeness (QED) is 0.362. The first-order valence-corrected chi connectivity index (χ1v) is 16.9. The minimum absolute atomic E-state index is 0.0940. The van der Waals surface area contributed by atoms with Gasteiger partial charge in [-0.15, -0.1) is 0 Å². The normalized spacial score (nSPS) is 20.6. The first-order valence-electron chi connectivity index (χ1n) is 16.9. The predicted molar refractivity (Wildman–Crippen MR) is 182 cm³/mol. The number of hydrogen-bond acceptors (Lipinski definition) is 10. The van der Waals surface area contributed by atoms with Gasteiger partial charge in [-0.25, -0.2) is 9.37 Å². The zero-order valence-electron chi connectivity index (χ0n) is 28.1. The van der Waals surface area contributed by atoms with Crippen LogP contribution >= 0.6 is 0 Å². The molecule has 4 heterocycles. The van der Waals surface area contributed by atoms with E-state index in [1.54, 1.807) is 41.4 Å². The number of piperidine rings is 1. The second kappa shape index (κ2) is 16.2. The van der Waals surface area contributed by atoms with Gasteiger partial charge in [0.05, 0.1) is 25.3 Å². The number of pyridine rings is 1. The third-order valence-corrected chi connectivity index (χ3v) is 9.22. The van der Waals surface area contributed by atoms with Gasteiger partial charge in [0.1, 0.15) is 23.5 Å². The average Bonchev–Trinajstić information content (AvgIpc) is 3.12. The zero-order chi connectivity index (χ0) is 35.0. The Bertz CT molecular complexity index is 1680. The lowest BCUT2D eigenvalue weighted by Gasteiger charge is -2.40. The van der Waals surface area contributed by atoms with Crippen LogP contribution in [0.5, 0.6) is 17.2 Å². The first kappa shape index (κ1) is 34.9. The van der Waals surface area contributed by atoms with Crippen LogP contribution in [0.2, 0.25) is 0 Å². The van der Waals surface area contributed by atoms with E-state index in [-0.39, 0.29) is 50.3 Å². The number of piperazine rings is 1. The largest absolute Gasteiger partial charge is 0.493 e. The number of fused-ring (bicyclic) bond motifs is 5. The Morgan fingerprint density at radius 1 is 1.04 bits per heavy atom. The van der Waals surface area contributed by atoms with Crippen LogP contribution in [0, 0.1) is 5.82 Å². The molecule has 13 nitrogen and oxygen atoms in total. The molecular weight excluding hydrogens is 647 g/mol. The van der Waals surface area contributed by atoms with Crippen molar-refractivity contribution >= 4 is 23.5 Å². The van der Waals surface area contributed by atoms with Crippen molar-refractivity contribution in [2.45, 2.75) is 38.0 Å². The summed E-state index contributed by atoms with van der Waals surface area (Å²) in [4.78, 5) is 50.6. The van der Waals surface area contributed by atoms with E-state index in [4.69, 9.17) is 14.2 Å². The highest BCUT2D eigenvalue weighted by Crippen LogP contribution is 2.29. The minimum atomic E-state index is -0.663. The van der Waals surface area contributed by atoms with Crippen LogP contribution in [-0.4, -0.2) is 116 Å². The third kappa shape index (κ3) is 8.61. The highest BCUT2D eigenvalue weighted by Gasteiger charge is 2.36. The number of nitrogens with one attached hydrogen (secondary N) is 2. The van der Waals surface area contributed by atoms with Gasteiger partial charge in [0.15, 0.2) is 18.1 Å². The van der Waals surface area contributed by atoms with Gasteiger partial charge in [-0.1, -0.05) is 6.07 Å². The number of amides is 3. The Hall–Kier alpha value is -4.95. The maximum atomic E-state index is 14.7. The van der Waals surface area contributed by atoms with Gasteiger partial charge in [-0.3, -0.25) is 19.3 Å². The Morgan fingerprint density at radius 2 is 1.88 bits per heavy atom. The average molecular weight is 691 g/mol. The molecule has 4 bridgehead atoms. The molecule has 0 spiro atoms. The van der Waals surface area contributed by atoms with E-state index in [1.807, 2.05) is 6.07 Å². The lowest BCUT2D eigenvalue weighted by atomic mass is 10.00. The molecule has 2 fully saturated rings. The highest BCUT2D eigenvalue weighted by molar-refractivity contribution is 5.99. The van der Waals surface area contributed by atoms with E-state index in [0.29, 0.717) is 67.5 Å². The van der Waals surface area contributed by atoms with E-state index in [0.717, 1.165) is 18.7 Å². The van der Waals surface area contributed by atoms with Gasteiger partial charge >= 0.3 is 0 Å². The number of aliphatic hydroxyl groups is 1. The molecule has 2 atom stereocenters. The molecule has 2 saturated heterocycles. The SMILES string of the molecule is COc1ccc2cc1OCC(=O)N[C@@H]1CN(C(=O)c3cccnc3N3CCN(CCO)CC3)CC[C@H]1Oc1cc(F)cc(c1)CNC(=O)CC2. The number of β-amino-alcohol motifs (C(OH)–C–C–N with tert-alkyl or cyclic N) is 1. The predicted octanol–water partition coefficient (Wildman–Crippen LogP) is 1.76. The van der Waals surface area contributed by atoms with Crippen LogP contribution < -0.4 is 29.7 Å². The number of aryl methyl sites for hydroxylation is 1. The number of rotatable bonds is 5. The Labute approximate surface area is 290 Å². The number of methoxy groups -OCH3 is 1. The Kier molecular flexibility index (Phi) is 11.3. The number of nitrogens with zero attached hydrogens (tertiary/aromatic N) is 4. The number of likely N-dealkylation sites (tertiary alicyclic amines) is 1. The van der Waals surface area contributed by atoms with E-state index in [9.17, 15) is 23.9 Å². The molecule has 2 aromatic carbocycles. The van der Waals surface area contributed by atoms with Crippen molar-refractivity contribution in [3.63, 3.8) is 0 Å². The second-order valence-electron chi connectivity index (χ2n) is 12.6. The summed E-state index contributed by atoms with van der Waals surface area (Å²) in [5.74, 6) is 0.277. The Balaban J connectivity index is 1.24. The van der Waals surface area contributed by atoms with Crippen molar-refractivity contribution in [2.24, 2.45) is 0 Å². The summed E-state index contributed by atoms with van der Waals surface area (Å²) in [6, 6.07) is 12.4. The highest BCUT2D eigenvalue weighted by atomic mass is 19.1. The van der Waals surface area contributed by atoms with Gasteiger partial charge in [0.2, 0.25) is 5.91 Å². The molecule has 3 aliphatic heterocycles. The fraction of sp³-hybridized carbons (Fsp3) is 0.444. The van der Waals surface area contributed by atoms with Gasteiger partial charge in [-0.05, 0) is 53.9 Å². The van der Waals surface area contributed by atoms with E-state index in [2.05, 4.69) is 25.4 Å². The smallest absolute Gasteiger partial charge is 0.258 e. The number of anilines is 1. The second-order valence-corrected chi connectivity index (χ2v) is 12.6. The standard InChI is InChI=1S/C36H43FN6O7/c1-48-31-6-4-24-5-7-33(45)39-21-25-17-26(37)20-27(18-25)50-30-8-10-43(22-29(30)40-34(46)23-49-32(31)19-24)36(47)28-3-2-9-38-35(28)42-13-11-41(12-14-42)15-16-44/h2-4,6,9,17-20,29-30,44H,5,7-8,10-16,21-23H2,1H3,(H,39,45)(H,40,46)/t29-,30-/m1/s1. The molecule has 0 unspecified atom stereocenters. The van der Waals surface area contributed by atoms with Crippen molar-refractivity contribution < 1.29 is 38.1 Å². The number of ether oxygens (including phenoxy) is 3. The molecule has 3 N–H and O–H groups in total. The van der Waals surface area contributed by atoms with E-state index < -0.39 is 23.9 Å². The number of aliphatic hydroxyl groups excluding tert-OH is 1. The number of aromatic nitrogens is 1. The number of carbonyl (C=O) groups is 3. The van der Waals surface area contributed by atoms with Crippen LogP contribution in [0.15, 0.2) is 54.7 Å². The van der Waals surface area contributed by atoms with E-state index >= 15 is 0 Å². The summed E-state index contributed by atoms with van der Waals surface area (Å²) in [5.41, 5.74) is 1.81. The molecule has 3 aliphatic rings. The topological polar surface area (TPSA) is 146 Å². The maximum absolute atomic E-state index is 14.7. The number of benzene rings is 2. The molecule has 3 amide bonds. The van der Waals surface area contributed by atoms with Crippen molar-refractivity contribution in [3.05, 3.63) is 77.2 Å². The zero-order valence-corrected chi connectivity index (χ0v) is 28.1. The molecular formula is C36H43FN6O7. The molecule has 1 aromatic heterocycles. The van der Waals surface area contributed by atoms with Gasteiger partial charge in [-0.2, -0.15) is 0 Å². The molecule has 14 heteroatoms. The van der Waals surface area contributed by atoms with Crippen molar-refractivity contribution in [1.82, 2.24) is 25.4 Å². The lowest BCUT2D eigenvalue weighted by Crippen LogP contribution is -2.58. The van der Waals surface area contributed by atoms with Crippen molar-refractivity contribution in [3.8, 4) is 17.2 Å². The molecule has 50 heavy (non-hydrogen) atoms. The third-order valence-electron chi connectivity index (χ3n) is 9.22. The number of halogens is 1. The fourth-order valence-corrected chi connectivity index (χ4v) is 6.60. The van der Waals surface area contributed by atoms with Gasteiger partial charge in [0.25, 0.3) is 11.8 Å². The molecule has 0 radical (unpaired) electrons. The molecule has 3 aromatic rings. The summed E-state index contributed by atoms with van der Waals surface area (Å²) in [6.07, 6.45) is 2.04. The minimum Gasteiger partial charge on any atom is -0.493 e. The maximum Gasteiger partial charge on any atom is 0.258 e. The summed E-state index contributed by atoms with van der Waals surface area (Å²) in [6.45, 7) is 3.75. The summed E-state index contributed by atoms with van der Waals surface area (Å²) in [5, 5.41) is 15.2. The molecule has 0 saturated carbocycles. The number of carbonyl (C=O) groups excluding carboxylic acids is 3. The fourth-order valence-electron chi connectivity index (χ4n) is 6.60.